The molecule has 1 aromatic heterocycles. The van der Waals surface area contributed by atoms with Gasteiger partial charge < -0.3 is 10.4 Å². The number of fused-ring (bicyclic) bond motifs is 2. The van der Waals surface area contributed by atoms with E-state index in [4.69, 9.17) is 0 Å². The molecule has 2 bridgehead atoms. The molecule has 2 N–H and O–H groups in total. The van der Waals surface area contributed by atoms with E-state index in [-0.39, 0.29) is 11.6 Å². The Kier molecular flexibility index (Phi) is 2.04. The first kappa shape index (κ1) is 9.31. The van der Waals surface area contributed by atoms with Crippen LogP contribution in [0.1, 0.15) is 31.2 Å². The van der Waals surface area contributed by atoms with Crippen molar-refractivity contribution >= 4 is 0 Å². The molecule has 0 spiro atoms. The van der Waals surface area contributed by atoms with Gasteiger partial charge in [0, 0.05) is 24.0 Å². The molecule has 3 rings (SSSR count). The monoisotopic (exact) mass is 204 g/mol. The molecule has 15 heavy (non-hydrogen) atoms. The zero-order valence-electron chi connectivity index (χ0n) is 8.69. The average molecular weight is 204 g/mol. The molecule has 1 aromatic rings. The first-order valence-corrected chi connectivity index (χ1v) is 5.65. The van der Waals surface area contributed by atoms with E-state index in [2.05, 4.69) is 16.4 Å². The molecule has 3 heterocycles. The highest BCUT2D eigenvalue weighted by molar-refractivity contribution is 5.25. The minimum absolute atomic E-state index is 0.00338. The fourth-order valence-corrected chi connectivity index (χ4v) is 3.10. The fraction of sp³-hybridized carbons (Fsp3) is 0.583. The van der Waals surface area contributed by atoms with Gasteiger partial charge in [0.2, 0.25) is 0 Å². The van der Waals surface area contributed by atoms with Crippen LogP contribution in [0.4, 0.5) is 0 Å². The Morgan fingerprint density at radius 2 is 2.47 bits per heavy atom. The summed E-state index contributed by atoms with van der Waals surface area (Å²) in [4.78, 5) is 4.17. The second-order valence-corrected chi connectivity index (χ2v) is 4.80. The van der Waals surface area contributed by atoms with Crippen molar-refractivity contribution in [3.05, 3.63) is 30.1 Å². The third-order valence-corrected chi connectivity index (χ3v) is 3.75. The van der Waals surface area contributed by atoms with Crippen LogP contribution in [0.2, 0.25) is 0 Å². The molecule has 3 unspecified atom stereocenters. The molecule has 2 saturated heterocycles. The number of pyridine rings is 1. The molecule has 2 fully saturated rings. The first-order valence-electron chi connectivity index (χ1n) is 5.65. The van der Waals surface area contributed by atoms with Gasteiger partial charge in [-0.1, -0.05) is 6.07 Å². The predicted molar refractivity (Wildman–Crippen MR) is 57.3 cm³/mol. The number of nitrogens with one attached hydrogen (secondary N) is 1. The normalized spacial score (nSPS) is 39.3. The summed E-state index contributed by atoms with van der Waals surface area (Å²) in [5, 5.41) is 13.5. The zero-order chi connectivity index (χ0) is 10.3. The van der Waals surface area contributed by atoms with E-state index in [9.17, 15) is 5.11 Å². The SMILES string of the molecule is OC1CC2CCC(c3cccnc3)(C1)N2. The molecular formula is C12H16N2O. The largest absolute Gasteiger partial charge is 0.393 e. The van der Waals surface area contributed by atoms with Gasteiger partial charge >= 0.3 is 0 Å². The molecular weight excluding hydrogens is 188 g/mol. The number of hydrogen-bond donors (Lipinski definition) is 2. The van der Waals surface area contributed by atoms with Crippen LogP contribution < -0.4 is 5.32 Å². The lowest BCUT2D eigenvalue weighted by molar-refractivity contribution is 0.0800. The molecule has 2 aliphatic rings. The van der Waals surface area contributed by atoms with E-state index >= 15 is 0 Å². The van der Waals surface area contributed by atoms with Gasteiger partial charge in [-0.25, -0.2) is 0 Å². The van der Waals surface area contributed by atoms with E-state index in [0.29, 0.717) is 6.04 Å². The Labute approximate surface area is 89.5 Å². The van der Waals surface area contributed by atoms with Gasteiger partial charge in [-0.3, -0.25) is 4.98 Å². The van der Waals surface area contributed by atoms with Crippen molar-refractivity contribution in [1.29, 1.82) is 0 Å². The van der Waals surface area contributed by atoms with Crippen molar-refractivity contribution in [2.75, 3.05) is 0 Å². The minimum atomic E-state index is -0.154. The molecule has 80 valence electrons. The molecule has 3 heteroatoms. The topological polar surface area (TPSA) is 45.2 Å². The number of aliphatic hydroxyl groups is 1. The quantitative estimate of drug-likeness (QED) is 0.722. The van der Waals surface area contributed by atoms with Crippen molar-refractivity contribution in [3.63, 3.8) is 0 Å². The summed E-state index contributed by atoms with van der Waals surface area (Å²) in [6.07, 6.45) is 7.60. The van der Waals surface area contributed by atoms with Gasteiger partial charge in [0.25, 0.3) is 0 Å². The maximum atomic E-state index is 9.86. The van der Waals surface area contributed by atoms with Crippen molar-refractivity contribution in [2.45, 2.75) is 43.4 Å². The number of aliphatic hydroxyl groups excluding tert-OH is 1. The molecule has 0 amide bonds. The number of nitrogens with zero attached hydrogens (tertiary/aromatic N) is 1. The summed E-state index contributed by atoms with van der Waals surface area (Å²) in [5.74, 6) is 0. The van der Waals surface area contributed by atoms with Gasteiger partial charge in [-0.2, -0.15) is 0 Å². The Morgan fingerprint density at radius 3 is 3.27 bits per heavy atom. The Morgan fingerprint density at radius 1 is 1.53 bits per heavy atom. The van der Waals surface area contributed by atoms with Crippen molar-refractivity contribution in [2.24, 2.45) is 0 Å². The van der Waals surface area contributed by atoms with E-state index in [1.54, 1.807) is 6.20 Å². The van der Waals surface area contributed by atoms with Crippen LogP contribution in [0.15, 0.2) is 24.5 Å². The minimum Gasteiger partial charge on any atom is -0.393 e. The Hall–Kier alpha value is -0.930. The highest BCUT2D eigenvalue weighted by Gasteiger charge is 2.45. The Bertz CT molecular complexity index is 354. The maximum absolute atomic E-state index is 9.86. The van der Waals surface area contributed by atoms with Gasteiger partial charge in [-0.05, 0) is 37.3 Å². The van der Waals surface area contributed by atoms with E-state index in [1.807, 2.05) is 12.3 Å². The number of rotatable bonds is 1. The summed E-state index contributed by atoms with van der Waals surface area (Å²) < 4.78 is 0. The zero-order valence-corrected chi connectivity index (χ0v) is 8.69. The van der Waals surface area contributed by atoms with Gasteiger partial charge in [0.05, 0.1) is 6.10 Å². The van der Waals surface area contributed by atoms with Gasteiger partial charge in [-0.15, -0.1) is 0 Å². The summed E-state index contributed by atoms with van der Waals surface area (Å²) in [5.41, 5.74) is 1.22. The summed E-state index contributed by atoms with van der Waals surface area (Å²) in [6, 6.07) is 4.58. The number of piperidine rings is 1. The standard InChI is InChI=1S/C12H16N2O/c15-11-6-10-3-4-12(7-11,14-10)9-2-1-5-13-8-9/h1-2,5,8,10-11,14-15H,3-4,6-7H2. The smallest absolute Gasteiger partial charge is 0.0576 e. The average Bonchev–Trinajstić information content (AvgIpc) is 2.57. The second kappa shape index (κ2) is 3.29. The predicted octanol–water partition coefficient (Wildman–Crippen LogP) is 1.18. The van der Waals surface area contributed by atoms with Gasteiger partial charge in [0.15, 0.2) is 0 Å². The van der Waals surface area contributed by atoms with Crippen LogP contribution in [-0.4, -0.2) is 22.2 Å². The molecule has 0 saturated carbocycles. The highest BCUT2D eigenvalue weighted by Crippen LogP contribution is 2.42. The lowest BCUT2D eigenvalue weighted by Crippen LogP contribution is -2.48. The molecule has 0 radical (unpaired) electrons. The number of aromatic nitrogens is 1. The molecule has 3 atom stereocenters. The first-order chi connectivity index (χ1) is 7.28. The highest BCUT2D eigenvalue weighted by atomic mass is 16.3. The number of hydrogen-bond acceptors (Lipinski definition) is 3. The maximum Gasteiger partial charge on any atom is 0.0576 e. The lowest BCUT2D eigenvalue weighted by atomic mass is 9.83. The summed E-state index contributed by atoms with van der Waals surface area (Å²) in [7, 11) is 0. The van der Waals surface area contributed by atoms with Crippen molar-refractivity contribution in [3.8, 4) is 0 Å². The van der Waals surface area contributed by atoms with Crippen molar-refractivity contribution in [1.82, 2.24) is 10.3 Å². The van der Waals surface area contributed by atoms with Crippen LogP contribution in [-0.2, 0) is 5.54 Å². The van der Waals surface area contributed by atoms with Crippen LogP contribution in [0.25, 0.3) is 0 Å². The fourth-order valence-electron chi connectivity index (χ4n) is 3.10. The molecule has 0 aromatic carbocycles. The summed E-state index contributed by atoms with van der Waals surface area (Å²) in [6.45, 7) is 0. The van der Waals surface area contributed by atoms with E-state index < -0.39 is 0 Å². The third kappa shape index (κ3) is 1.46. The van der Waals surface area contributed by atoms with Crippen molar-refractivity contribution < 1.29 is 5.11 Å². The van der Waals surface area contributed by atoms with Crippen LogP contribution >= 0.6 is 0 Å². The van der Waals surface area contributed by atoms with Crippen LogP contribution in [0, 0.1) is 0 Å². The van der Waals surface area contributed by atoms with Crippen LogP contribution in [0.3, 0.4) is 0 Å². The molecule has 0 aliphatic carbocycles. The lowest BCUT2D eigenvalue weighted by Gasteiger charge is -2.37. The molecule has 2 aliphatic heterocycles. The molecule has 3 nitrogen and oxygen atoms in total. The third-order valence-electron chi connectivity index (χ3n) is 3.75. The van der Waals surface area contributed by atoms with Crippen LogP contribution in [0.5, 0.6) is 0 Å². The van der Waals surface area contributed by atoms with E-state index in [1.165, 1.54) is 12.0 Å². The second-order valence-electron chi connectivity index (χ2n) is 4.80. The van der Waals surface area contributed by atoms with Gasteiger partial charge in [0.1, 0.15) is 0 Å². The Balaban J connectivity index is 1.97. The van der Waals surface area contributed by atoms with E-state index in [0.717, 1.165) is 19.3 Å². The summed E-state index contributed by atoms with van der Waals surface area (Å²) >= 11 is 0.